The highest BCUT2D eigenvalue weighted by molar-refractivity contribution is 5.95. The monoisotopic (exact) mass is 260 g/mol. The molecular weight excluding hydrogens is 236 g/mol. The molecule has 0 aromatic heterocycles. The molecule has 1 aliphatic heterocycles. The van der Waals surface area contributed by atoms with Gasteiger partial charge in [0.15, 0.2) is 0 Å². The van der Waals surface area contributed by atoms with Gasteiger partial charge in [-0.25, -0.2) is 0 Å². The van der Waals surface area contributed by atoms with Crippen LogP contribution < -0.4 is 10.2 Å². The number of para-hydroxylation sites is 1. The van der Waals surface area contributed by atoms with Gasteiger partial charge in [0, 0.05) is 18.8 Å². The number of carbonyl (C=O) groups is 1. The minimum atomic E-state index is 0.144. The van der Waals surface area contributed by atoms with Gasteiger partial charge in [-0.3, -0.25) is 4.79 Å². The van der Waals surface area contributed by atoms with Crippen molar-refractivity contribution >= 4 is 11.6 Å². The van der Waals surface area contributed by atoms with Crippen LogP contribution in [0.5, 0.6) is 0 Å². The summed E-state index contributed by atoms with van der Waals surface area (Å²) in [5.41, 5.74) is 1.03. The normalized spacial score (nSPS) is 19.1. The van der Waals surface area contributed by atoms with Gasteiger partial charge in [-0.2, -0.15) is 0 Å². The lowest BCUT2D eigenvalue weighted by molar-refractivity contribution is -0.122. The maximum Gasteiger partial charge on any atom is 0.231 e. The summed E-state index contributed by atoms with van der Waals surface area (Å²) in [4.78, 5) is 14.7. The quantitative estimate of drug-likeness (QED) is 0.883. The van der Waals surface area contributed by atoms with Crippen LogP contribution >= 0.6 is 0 Å². The van der Waals surface area contributed by atoms with Crippen molar-refractivity contribution in [1.29, 1.82) is 0 Å². The number of rotatable bonds is 5. The van der Waals surface area contributed by atoms with E-state index < -0.39 is 0 Å². The first-order chi connectivity index (χ1) is 9.33. The summed E-state index contributed by atoms with van der Waals surface area (Å²) in [6, 6.07) is 10.1. The highest BCUT2D eigenvalue weighted by Gasteiger charge is 2.26. The van der Waals surface area contributed by atoms with Crippen LogP contribution in [0.2, 0.25) is 0 Å². The average molecular weight is 260 g/mol. The molecule has 0 radical (unpaired) electrons. The Labute approximate surface area is 116 Å². The first-order valence-corrected chi connectivity index (χ1v) is 7.40. The Kier molecular flexibility index (Phi) is 5.40. The molecule has 1 heterocycles. The summed E-state index contributed by atoms with van der Waals surface area (Å²) in [6.45, 7) is 4.87. The molecule has 1 amide bonds. The van der Waals surface area contributed by atoms with Crippen molar-refractivity contribution in [1.82, 2.24) is 5.32 Å². The van der Waals surface area contributed by atoms with Crippen molar-refractivity contribution < 1.29 is 4.79 Å². The Morgan fingerprint density at radius 2 is 2.16 bits per heavy atom. The zero-order valence-corrected chi connectivity index (χ0v) is 11.8. The van der Waals surface area contributed by atoms with Crippen LogP contribution in [0, 0.1) is 5.92 Å². The second-order valence-corrected chi connectivity index (χ2v) is 5.22. The van der Waals surface area contributed by atoms with Gasteiger partial charge in [0.05, 0.1) is 5.92 Å². The van der Waals surface area contributed by atoms with Crippen molar-refractivity contribution in [2.24, 2.45) is 5.92 Å². The van der Waals surface area contributed by atoms with Gasteiger partial charge >= 0.3 is 0 Å². The molecule has 1 atom stereocenters. The third-order valence-corrected chi connectivity index (χ3v) is 3.72. The Balaban J connectivity index is 2.10. The summed E-state index contributed by atoms with van der Waals surface area (Å²) in [6.07, 6.45) is 4.29. The van der Waals surface area contributed by atoms with Gasteiger partial charge in [0.2, 0.25) is 5.91 Å². The van der Waals surface area contributed by atoms with Crippen molar-refractivity contribution in [3.63, 3.8) is 0 Å². The number of anilines is 1. The predicted octanol–water partition coefficient (Wildman–Crippen LogP) is 2.82. The summed E-state index contributed by atoms with van der Waals surface area (Å²) in [5, 5.41) is 3.33. The second kappa shape index (κ2) is 7.29. The summed E-state index contributed by atoms with van der Waals surface area (Å²) in [5.74, 6) is 0.428. The van der Waals surface area contributed by atoms with Crippen molar-refractivity contribution in [3.05, 3.63) is 30.3 Å². The minimum Gasteiger partial charge on any atom is -0.316 e. The van der Waals surface area contributed by atoms with E-state index in [0.29, 0.717) is 0 Å². The molecule has 2 rings (SSSR count). The van der Waals surface area contributed by atoms with Crippen LogP contribution in [0.15, 0.2) is 30.3 Å². The number of unbranched alkanes of at least 4 members (excludes halogenated alkanes) is 1. The molecule has 0 unspecified atom stereocenters. The molecule has 104 valence electrons. The zero-order valence-electron chi connectivity index (χ0n) is 11.8. The molecule has 3 heteroatoms. The largest absolute Gasteiger partial charge is 0.316 e. The van der Waals surface area contributed by atoms with E-state index in [1.807, 2.05) is 35.2 Å². The molecule has 3 nitrogen and oxygen atoms in total. The van der Waals surface area contributed by atoms with E-state index in [0.717, 1.165) is 51.0 Å². The fourth-order valence-corrected chi connectivity index (χ4v) is 2.57. The topological polar surface area (TPSA) is 32.3 Å². The zero-order chi connectivity index (χ0) is 13.5. The van der Waals surface area contributed by atoms with Crippen LogP contribution in [0.4, 0.5) is 5.69 Å². The van der Waals surface area contributed by atoms with Crippen molar-refractivity contribution in [2.45, 2.75) is 32.6 Å². The number of benzene rings is 1. The first-order valence-electron chi connectivity index (χ1n) is 7.40. The van der Waals surface area contributed by atoms with Gasteiger partial charge in [0.1, 0.15) is 0 Å². The molecule has 0 saturated carbocycles. The van der Waals surface area contributed by atoms with Crippen LogP contribution in [-0.4, -0.2) is 25.5 Å². The molecule has 0 bridgehead atoms. The Hall–Kier alpha value is -1.35. The third kappa shape index (κ3) is 3.80. The number of nitrogens with zero attached hydrogens (tertiary/aromatic N) is 1. The molecule has 1 N–H and O–H groups in total. The lowest BCUT2D eigenvalue weighted by Gasteiger charge is -2.29. The number of hydrogen-bond acceptors (Lipinski definition) is 2. The molecule has 1 fully saturated rings. The highest BCUT2D eigenvalue weighted by Crippen LogP contribution is 2.20. The number of piperidine rings is 1. The smallest absolute Gasteiger partial charge is 0.231 e. The molecule has 1 aliphatic rings. The standard InChI is InChI=1S/C16H24N2O/c1-2-3-12-18(15-9-5-4-6-10-15)16(19)14-8-7-11-17-13-14/h4-6,9-10,14,17H,2-3,7-8,11-13H2,1H3/t14-/m1/s1. The van der Waals surface area contributed by atoms with E-state index >= 15 is 0 Å². The van der Waals surface area contributed by atoms with E-state index in [9.17, 15) is 4.79 Å². The van der Waals surface area contributed by atoms with Crippen LogP contribution in [0.1, 0.15) is 32.6 Å². The van der Waals surface area contributed by atoms with Gasteiger partial charge in [0.25, 0.3) is 0 Å². The summed E-state index contributed by atoms with van der Waals surface area (Å²) >= 11 is 0. The molecule has 19 heavy (non-hydrogen) atoms. The highest BCUT2D eigenvalue weighted by atomic mass is 16.2. The van der Waals surface area contributed by atoms with Crippen molar-refractivity contribution in [2.75, 3.05) is 24.5 Å². The van der Waals surface area contributed by atoms with Gasteiger partial charge < -0.3 is 10.2 Å². The van der Waals surface area contributed by atoms with Gasteiger partial charge in [-0.15, -0.1) is 0 Å². The van der Waals surface area contributed by atoms with Crippen LogP contribution in [0.25, 0.3) is 0 Å². The lowest BCUT2D eigenvalue weighted by atomic mass is 9.97. The fourth-order valence-electron chi connectivity index (χ4n) is 2.57. The number of hydrogen-bond donors (Lipinski definition) is 1. The first kappa shape index (κ1) is 14.1. The predicted molar refractivity (Wildman–Crippen MR) is 79.3 cm³/mol. The average Bonchev–Trinajstić information content (AvgIpc) is 2.49. The molecule has 0 spiro atoms. The van der Waals surface area contributed by atoms with E-state index in [1.165, 1.54) is 0 Å². The minimum absolute atomic E-state index is 0.144. The molecule has 1 aromatic carbocycles. The van der Waals surface area contributed by atoms with Crippen molar-refractivity contribution in [3.8, 4) is 0 Å². The molecule has 1 saturated heterocycles. The Morgan fingerprint density at radius 1 is 1.37 bits per heavy atom. The molecule has 0 aliphatic carbocycles. The number of carbonyl (C=O) groups excluding carboxylic acids is 1. The lowest BCUT2D eigenvalue weighted by Crippen LogP contribution is -2.43. The number of nitrogens with one attached hydrogen (secondary N) is 1. The van der Waals surface area contributed by atoms with Crippen LogP contribution in [0.3, 0.4) is 0 Å². The van der Waals surface area contributed by atoms with E-state index in [-0.39, 0.29) is 11.8 Å². The summed E-state index contributed by atoms with van der Waals surface area (Å²) in [7, 11) is 0. The Bertz CT molecular complexity index is 385. The maximum absolute atomic E-state index is 12.7. The van der Waals surface area contributed by atoms with Gasteiger partial charge in [-0.1, -0.05) is 31.5 Å². The maximum atomic E-state index is 12.7. The van der Waals surface area contributed by atoms with E-state index in [2.05, 4.69) is 12.2 Å². The summed E-state index contributed by atoms with van der Waals surface area (Å²) < 4.78 is 0. The van der Waals surface area contributed by atoms with Gasteiger partial charge in [-0.05, 0) is 37.9 Å². The second-order valence-electron chi connectivity index (χ2n) is 5.22. The van der Waals surface area contributed by atoms with E-state index in [1.54, 1.807) is 0 Å². The SMILES string of the molecule is CCCCN(C(=O)[C@@H]1CCCNC1)c1ccccc1. The van der Waals surface area contributed by atoms with Crippen LogP contribution in [-0.2, 0) is 4.79 Å². The van der Waals surface area contributed by atoms with E-state index in [4.69, 9.17) is 0 Å². The third-order valence-electron chi connectivity index (χ3n) is 3.72. The molecule has 1 aromatic rings. The Morgan fingerprint density at radius 3 is 2.79 bits per heavy atom. The fraction of sp³-hybridized carbons (Fsp3) is 0.562. The molecular formula is C16H24N2O. The number of amides is 1.